The van der Waals surface area contributed by atoms with Gasteiger partial charge in [-0.25, -0.2) is 4.98 Å². The lowest BCUT2D eigenvalue weighted by Crippen LogP contribution is -1.95. The molecule has 6 heteroatoms. The molecule has 1 aromatic heterocycles. The fourth-order valence-electron chi connectivity index (χ4n) is 1.47. The number of aromatic nitrogens is 1. The van der Waals surface area contributed by atoms with E-state index >= 15 is 0 Å². The number of nitro groups is 1. The molecule has 0 unspecified atom stereocenters. The van der Waals surface area contributed by atoms with Gasteiger partial charge in [0.1, 0.15) is 10.9 Å². The molecule has 0 radical (unpaired) electrons. The largest absolute Gasteiger partial charge is 0.260 e. The van der Waals surface area contributed by atoms with E-state index < -0.39 is 4.92 Å². The maximum Gasteiger partial charge on any atom is 0.260 e. The van der Waals surface area contributed by atoms with Crippen molar-refractivity contribution < 1.29 is 4.92 Å². The summed E-state index contributed by atoms with van der Waals surface area (Å²) in [5.74, 6) is 0. The third-order valence-corrected chi connectivity index (χ3v) is 2.45. The van der Waals surface area contributed by atoms with E-state index in [1.807, 2.05) is 6.07 Å². The van der Waals surface area contributed by atoms with Gasteiger partial charge >= 0.3 is 0 Å². The minimum absolute atomic E-state index is 0.380. The Morgan fingerprint density at radius 2 is 2.29 bits per heavy atom. The fraction of sp³-hybridized carbons (Fsp3) is 0.0909. The molecule has 1 aromatic rings. The third-order valence-electron chi connectivity index (χ3n) is 2.23. The number of pyridine rings is 1. The van der Waals surface area contributed by atoms with E-state index in [4.69, 9.17) is 11.6 Å². The predicted octanol–water partition coefficient (Wildman–Crippen LogP) is 2.41. The summed E-state index contributed by atoms with van der Waals surface area (Å²) in [6.45, 7) is 0. The van der Waals surface area contributed by atoms with Crippen molar-refractivity contribution in [1.82, 2.24) is 4.98 Å². The Bertz CT molecular complexity index is 532. The number of hydrogen-bond acceptors (Lipinski definition) is 4. The molecule has 2 heterocycles. The quantitative estimate of drug-likeness (QED) is 0.469. The molecule has 1 aliphatic rings. The van der Waals surface area contributed by atoms with Crippen LogP contribution < -0.4 is 0 Å². The van der Waals surface area contributed by atoms with Gasteiger partial charge in [0, 0.05) is 18.8 Å². The highest BCUT2D eigenvalue weighted by Gasteiger charge is 2.12. The third kappa shape index (κ3) is 2.98. The van der Waals surface area contributed by atoms with E-state index in [2.05, 4.69) is 9.98 Å². The van der Waals surface area contributed by atoms with Crippen molar-refractivity contribution in [3.8, 4) is 0 Å². The zero-order valence-electron chi connectivity index (χ0n) is 8.71. The molecule has 0 bridgehead atoms. The molecule has 0 fully saturated rings. The number of rotatable bonds is 3. The summed E-state index contributed by atoms with van der Waals surface area (Å²) in [5.41, 5.74) is 2.11. The number of hydrogen-bond donors (Lipinski definition) is 0. The molecule has 0 aliphatic carbocycles. The van der Waals surface area contributed by atoms with Crippen LogP contribution in [0.2, 0.25) is 5.15 Å². The van der Waals surface area contributed by atoms with E-state index in [0.29, 0.717) is 17.3 Å². The summed E-state index contributed by atoms with van der Waals surface area (Å²) in [4.78, 5) is 17.8. The lowest BCUT2D eigenvalue weighted by molar-refractivity contribution is -0.403. The van der Waals surface area contributed by atoms with Crippen LogP contribution in [0.15, 0.2) is 46.9 Å². The van der Waals surface area contributed by atoms with Crippen molar-refractivity contribution in [3.63, 3.8) is 0 Å². The zero-order valence-corrected chi connectivity index (χ0v) is 9.46. The van der Waals surface area contributed by atoms with E-state index in [1.165, 1.54) is 0 Å². The van der Waals surface area contributed by atoms with E-state index in [-0.39, 0.29) is 0 Å². The Hall–Kier alpha value is -2.01. The highest BCUT2D eigenvalue weighted by Crippen LogP contribution is 2.20. The Labute approximate surface area is 102 Å². The average molecular weight is 250 g/mol. The standard InChI is InChI=1S/C11H8ClN3O2/c12-11-2-1-8(6-14-11)5-9-3-4-13-10(9)7-15(16)17/h1-4,6-7H,5H2. The Balaban J connectivity index is 2.15. The second-order valence-electron chi connectivity index (χ2n) is 3.44. The van der Waals surface area contributed by atoms with Gasteiger partial charge in [-0.2, -0.15) is 0 Å². The Morgan fingerprint density at radius 3 is 2.94 bits per heavy atom. The van der Waals surface area contributed by atoms with Crippen LogP contribution in [0.1, 0.15) is 5.56 Å². The summed E-state index contributed by atoms with van der Waals surface area (Å²) in [5, 5.41) is 10.8. The summed E-state index contributed by atoms with van der Waals surface area (Å²) in [6.07, 6.45) is 6.39. The van der Waals surface area contributed by atoms with Gasteiger partial charge in [-0.3, -0.25) is 15.1 Å². The second kappa shape index (κ2) is 4.88. The molecule has 0 aromatic carbocycles. The van der Waals surface area contributed by atoms with Gasteiger partial charge in [-0.05, 0) is 23.3 Å². The SMILES string of the molecule is O=[N+]([O-])C=C1N=CC=C1Cc1ccc(Cl)nc1. The highest BCUT2D eigenvalue weighted by molar-refractivity contribution is 6.29. The molecule has 0 atom stereocenters. The lowest BCUT2D eigenvalue weighted by atomic mass is 10.1. The first-order chi connectivity index (χ1) is 8.15. The van der Waals surface area contributed by atoms with Crippen LogP contribution >= 0.6 is 11.6 Å². The van der Waals surface area contributed by atoms with Gasteiger partial charge in [0.25, 0.3) is 6.20 Å². The van der Waals surface area contributed by atoms with E-state index in [0.717, 1.165) is 17.3 Å². The maximum absolute atomic E-state index is 10.4. The minimum atomic E-state index is -0.508. The molecular weight excluding hydrogens is 242 g/mol. The van der Waals surface area contributed by atoms with E-state index in [9.17, 15) is 10.1 Å². The Morgan fingerprint density at radius 1 is 1.47 bits per heavy atom. The molecular formula is C11H8ClN3O2. The van der Waals surface area contributed by atoms with E-state index in [1.54, 1.807) is 24.6 Å². The molecule has 5 nitrogen and oxygen atoms in total. The summed E-state index contributed by atoms with van der Waals surface area (Å²) < 4.78 is 0. The fourth-order valence-corrected chi connectivity index (χ4v) is 1.58. The topological polar surface area (TPSA) is 68.4 Å². The molecule has 0 spiro atoms. The average Bonchev–Trinajstić information content (AvgIpc) is 2.68. The van der Waals surface area contributed by atoms with Gasteiger partial charge in [-0.1, -0.05) is 17.7 Å². The van der Waals surface area contributed by atoms with Crippen molar-refractivity contribution in [1.29, 1.82) is 0 Å². The van der Waals surface area contributed by atoms with Crippen molar-refractivity contribution in [2.24, 2.45) is 4.99 Å². The van der Waals surface area contributed by atoms with Crippen molar-refractivity contribution in [2.75, 3.05) is 0 Å². The molecule has 0 saturated carbocycles. The minimum Gasteiger partial charge on any atom is -0.259 e. The second-order valence-corrected chi connectivity index (χ2v) is 3.82. The van der Waals surface area contributed by atoms with Gasteiger partial charge in [-0.15, -0.1) is 0 Å². The first kappa shape index (κ1) is 11.5. The normalized spacial score (nSPS) is 16.3. The van der Waals surface area contributed by atoms with Gasteiger partial charge < -0.3 is 0 Å². The summed E-state index contributed by atoms with van der Waals surface area (Å²) >= 11 is 5.67. The highest BCUT2D eigenvalue weighted by atomic mass is 35.5. The molecule has 2 rings (SSSR count). The van der Waals surface area contributed by atoms with Crippen molar-refractivity contribution >= 4 is 17.8 Å². The van der Waals surface area contributed by atoms with Gasteiger partial charge in [0.15, 0.2) is 0 Å². The molecule has 86 valence electrons. The van der Waals surface area contributed by atoms with Crippen LogP contribution in [-0.4, -0.2) is 16.1 Å². The number of nitrogens with zero attached hydrogens (tertiary/aromatic N) is 3. The van der Waals surface area contributed by atoms with Crippen LogP contribution in [0, 0.1) is 10.1 Å². The van der Waals surface area contributed by atoms with Crippen LogP contribution in [0.4, 0.5) is 0 Å². The first-order valence-corrected chi connectivity index (χ1v) is 5.22. The number of allylic oxidation sites excluding steroid dienone is 2. The van der Waals surface area contributed by atoms with Crippen molar-refractivity contribution in [2.45, 2.75) is 6.42 Å². The lowest BCUT2D eigenvalue weighted by Gasteiger charge is -2.02. The molecule has 0 saturated heterocycles. The van der Waals surface area contributed by atoms with Gasteiger partial charge in [0.05, 0.1) is 4.92 Å². The maximum atomic E-state index is 10.4. The van der Waals surface area contributed by atoms with Crippen LogP contribution in [-0.2, 0) is 6.42 Å². The summed E-state index contributed by atoms with van der Waals surface area (Å²) in [6, 6.07) is 3.52. The Kier molecular flexibility index (Phi) is 3.30. The summed E-state index contributed by atoms with van der Waals surface area (Å²) in [7, 11) is 0. The predicted molar refractivity (Wildman–Crippen MR) is 64.6 cm³/mol. The number of aliphatic imine (C=N–C) groups is 1. The molecule has 1 aliphatic heterocycles. The van der Waals surface area contributed by atoms with Crippen LogP contribution in [0.5, 0.6) is 0 Å². The van der Waals surface area contributed by atoms with Crippen LogP contribution in [0.3, 0.4) is 0 Å². The first-order valence-electron chi connectivity index (χ1n) is 4.84. The number of halogens is 1. The molecule has 17 heavy (non-hydrogen) atoms. The monoisotopic (exact) mass is 249 g/mol. The van der Waals surface area contributed by atoms with Crippen molar-refractivity contribution in [3.05, 3.63) is 62.7 Å². The van der Waals surface area contributed by atoms with Gasteiger partial charge in [0.2, 0.25) is 0 Å². The van der Waals surface area contributed by atoms with Crippen LogP contribution in [0.25, 0.3) is 0 Å². The smallest absolute Gasteiger partial charge is 0.259 e. The zero-order chi connectivity index (χ0) is 12.3. The molecule has 0 N–H and O–H groups in total. The molecule has 0 amide bonds.